The van der Waals surface area contributed by atoms with Crippen molar-refractivity contribution in [3.8, 4) is 28.7 Å². The van der Waals surface area contributed by atoms with Gasteiger partial charge in [0.25, 0.3) is 5.91 Å². The minimum absolute atomic E-state index is 0.156. The standard InChI is InChI=1S/C25H24N2O7/c1-30-21-13-18(14-22(31-2)24(21)32-3)25(29)34-20-11-9-17(10-12-20)15-26-27-23(28)16-33-19-7-5-4-6-8-19/h4-15H,16H2,1-3H3,(H,27,28). The number of methoxy groups -OCH3 is 3. The fourth-order valence-electron chi connectivity index (χ4n) is 2.86. The molecule has 3 aromatic rings. The Kier molecular flexibility index (Phi) is 8.45. The number of para-hydroxylation sites is 1. The van der Waals surface area contributed by atoms with Crippen molar-refractivity contribution in [3.05, 3.63) is 77.9 Å². The maximum absolute atomic E-state index is 12.6. The summed E-state index contributed by atoms with van der Waals surface area (Å²) in [7, 11) is 4.41. The summed E-state index contributed by atoms with van der Waals surface area (Å²) in [6.07, 6.45) is 1.46. The van der Waals surface area contributed by atoms with E-state index in [1.807, 2.05) is 18.2 Å². The molecule has 1 N–H and O–H groups in total. The van der Waals surface area contributed by atoms with Crippen LogP contribution in [0.25, 0.3) is 0 Å². The lowest BCUT2D eigenvalue weighted by molar-refractivity contribution is -0.123. The summed E-state index contributed by atoms with van der Waals surface area (Å²) < 4.78 is 26.6. The molecule has 3 rings (SSSR count). The van der Waals surface area contributed by atoms with Crippen molar-refractivity contribution in [1.29, 1.82) is 0 Å². The van der Waals surface area contributed by atoms with Crippen LogP contribution >= 0.6 is 0 Å². The number of nitrogens with zero attached hydrogens (tertiary/aromatic N) is 1. The van der Waals surface area contributed by atoms with Crippen LogP contribution in [-0.4, -0.2) is 46.0 Å². The number of benzene rings is 3. The van der Waals surface area contributed by atoms with Crippen molar-refractivity contribution in [2.75, 3.05) is 27.9 Å². The van der Waals surface area contributed by atoms with E-state index in [2.05, 4.69) is 10.5 Å². The first-order valence-corrected chi connectivity index (χ1v) is 10.2. The van der Waals surface area contributed by atoms with Gasteiger partial charge >= 0.3 is 5.97 Å². The van der Waals surface area contributed by atoms with E-state index in [1.54, 1.807) is 36.4 Å². The molecule has 0 bridgehead atoms. The maximum atomic E-state index is 12.6. The van der Waals surface area contributed by atoms with Crippen molar-refractivity contribution >= 4 is 18.1 Å². The summed E-state index contributed by atoms with van der Waals surface area (Å²) in [6.45, 7) is -0.156. The molecule has 0 saturated heterocycles. The Bertz CT molecular complexity index is 1120. The fraction of sp³-hybridized carbons (Fsp3) is 0.160. The highest BCUT2D eigenvalue weighted by molar-refractivity contribution is 5.93. The van der Waals surface area contributed by atoms with E-state index < -0.39 is 11.9 Å². The highest BCUT2D eigenvalue weighted by Crippen LogP contribution is 2.38. The average molecular weight is 464 g/mol. The van der Waals surface area contributed by atoms with Gasteiger partial charge in [-0.3, -0.25) is 4.79 Å². The van der Waals surface area contributed by atoms with Gasteiger partial charge in [0.1, 0.15) is 11.5 Å². The largest absolute Gasteiger partial charge is 0.493 e. The first-order chi connectivity index (χ1) is 16.5. The lowest BCUT2D eigenvalue weighted by Crippen LogP contribution is -2.24. The molecule has 0 aliphatic rings. The van der Waals surface area contributed by atoms with Crippen molar-refractivity contribution in [3.63, 3.8) is 0 Å². The molecule has 0 aromatic heterocycles. The molecule has 0 unspecified atom stereocenters. The van der Waals surface area contributed by atoms with Crippen LogP contribution < -0.4 is 29.1 Å². The van der Waals surface area contributed by atoms with Gasteiger partial charge in [0.05, 0.1) is 33.1 Å². The van der Waals surface area contributed by atoms with Crippen LogP contribution in [0.4, 0.5) is 0 Å². The van der Waals surface area contributed by atoms with Gasteiger partial charge in [0, 0.05) is 0 Å². The number of hydrogen-bond donors (Lipinski definition) is 1. The van der Waals surface area contributed by atoms with Crippen LogP contribution in [0.2, 0.25) is 0 Å². The minimum atomic E-state index is -0.591. The van der Waals surface area contributed by atoms with E-state index >= 15 is 0 Å². The molecule has 0 fully saturated rings. The Morgan fingerprint density at radius 3 is 2.09 bits per heavy atom. The molecule has 9 nitrogen and oxygen atoms in total. The lowest BCUT2D eigenvalue weighted by atomic mass is 10.2. The molecule has 3 aromatic carbocycles. The number of carbonyl (C=O) groups is 2. The fourth-order valence-corrected chi connectivity index (χ4v) is 2.86. The van der Waals surface area contributed by atoms with Crippen LogP contribution in [-0.2, 0) is 4.79 Å². The number of esters is 1. The van der Waals surface area contributed by atoms with Gasteiger partial charge in [0.2, 0.25) is 5.75 Å². The number of rotatable bonds is 10. The Hall–Kier alpha value is -4.53. The third-order valence-corrected chi connectivity index (χ3v) is 4.51. The van der Waals surface area contributed by atoms with Gasteiger partial charge in [-0.25, -0.2) is 10.2 Å². The second kappa shape index (κ2) is 11.9. The molecule has 9 heteroatoms. The Balaban J connectivity index is 1.55. The predicted molar refractivity (Wildman–Crippen MR) is 125 cm³/mol. The zero-order valence-electron chi connectivity index (χ0n) is 18.9. The third kappa shape index (κ3) is 6.49. The molecular formula is C25H24N2O7. The summed E-state index contributed by atoms with van der Waals surface area (Å²) in [5, 5.41) is 3.89. The molecule has 34 heavy (non-hydrogen) atoms. The van der Waals surface area contributed by atoms with Crippen LogP contribution in [0.5, 0.6) is 28.7 Å². The molecular weight excluding hydrogens is 440 g/mol. The minimum Gasteiger partial charge on any atom is -0.493 e. The van der Waals surface area contributed by atoms with E-state index in [0.29, 0.717) is 34.3 Å². The molecule has 0 saturated carbocycles. The Labute approximate surface area is 196 Å². The van der Waals surface area contributed by atoms with Gasteiger partial charge in [-0.2, -0.15) is 5.10 Å². The first kappa shape index (κ1) is 24.1. The van der Waals surface area contributed by atoms with Gasteiger partial charge in [-0.05, 0) is 54.1 Å². The van der Waals surface area contributed by atoms with E-state index in [9.17, 15) is 9.59 Å². The summed E-state index contributed by atoms with van der Waals surface area (Å²) in [6, 6.07) is 18.6. The summed E-state index contributed by atoms with van der Waals surface area (Å²) in [5.74, 6) is 1.01. The van der Waals surface area contributed by atoms with Gasteiger partial charge in [-0.15, -0.1) is 0 Å². The van der Waals surface area contributed by atoms with Crippen LogP contribution in [0.15, 0.2) is 71.8 Å². The molecule has 176 valence electrons. The van der Waals surface area contributed by atoms with E-state index in [1.165, 1.54) is 39.7 Å². The molecule has 0 heterocycles. The molecule has 1 amide bonds. The average Bonchev–Trinajstić information content (AvgIpc) is 2.88. The number of carbonyl (C=O) groups excluding carboxylic acids is 2. The molecule has 0 aliphatic heterocycles. The summed E-state index contributed by atoms with van der Waals surface area (Å²) in [5.41, 5.74) is 3.32. The SMILES string of the molecule is COc1cc(C(=O)Oc2ccc(C=NNC(=O)COc3ccccc3)cc2)cc(OC)c1OC. The van der Waals surface area contributed by atoms with Crippen molar-refractivity contribution in [2.45, 2.75) is 0 Å². The number of hydrogen-bond acceptors (Lipinski definition) is 8. The van der Waals surface area contributed by atoms with Crippen molar-refractivity contribution in [1.82, 2.24) is 5.43 Å². The first-order valence-electron chi connectivity index (χ1n) is 10.2. The number of amides is 1. The number of ether oxygens (including phenoxy) is 5. The van der Waals surface area contributed by atoms with Crippen LogP contribution in [0, 0.1) is 0 Å². The smallest absolute Gasteiger partial charge is 0.343 e. The normalized spacial score (nSPS) is 10.4. The second-order valence-electron chi connectivity index (χ2n) is 6.77. The van der Waals surface area contributed by atoms with E-state index in [-0.39, 0.29) is 12.2 Å². The van der Waals surface area contributed by atoms with Crippen molar-refractivity contribution in [2.24, 2.45) is 5.10 Å². The Morgan fingerprint density at radius 1 is 0.853 bits per heavy atom. The summed E-state index contributed by atoms with van der Waals surface area (Å²) in [4.78, 5) is 24.4. The molecule has 0 aliphatic carbocycles. The molecule has 0 radical (unpaired) electrons. The van der Waals surface area contributed by atoms with Gasteiger partial charge < -0.3 is 23.7 Å². The second-order valence-corrected chi connectivity index (χ2v) is 6.77. The van der Waals surface area contributed by atoms with Gasteiger partial charge in [0.15, 0.2) is 18.1 Å². The highest BCUT2D eigenvalue weighted by Gasteiger charge is 2.18. The zero-order valence-corrected chi connectivity index (χ0v) is 18.9. The van der Waals surface area contributed by atoms with E-state index in [4.69, 9.17) is 23.7 Å². The number of nitrogens with one attached hydrogen (secondary N) is 1. The number of hydrazone groups is 1. The topological polar surface area (TPSA) is 105 Å². The van der Waals surface area contributed by atoms with Crippen molar-refractivity contribution < 1.29 is 33.3 Å². The van der Waals surface area contributed by atoms with E-state index in [0.717, 1.165) is 0 Å². The molecule has 0 spiro atoms. The quantitative estimate of drug-likeness (QED) is 0.212. The zero-order chi connectivity index (χ0) is 24.3. The molecule has 0 atom stereocenters. The third-order valence-electron chi connectivity index (χ3n) is 4.51. The summed E-state index contributed by atoms with van der Waals surface area (Å²) >= 11 is 0. The van der Waals surface area contributed by atoms with Crippen LogP contribution in [0.3, 0.4) is 0 Å². The lowest BCUT2D eigenvalue weighted by Gasteiger charge is -2.13. The predicted octanol–water partition coefficient (Wildman–Crippen LogP) is 3.46. The van der Waals surface area contributed by atoms with Gasteiger partial charge in [-0.1, -0.05) is 18.2 Å². The maximum Gasteiger partial charge on any atom is 0.343 e. The highest BCUT2D eigenvalue weighted by atomic mass is 16.5. The Morgan fingerprint density at radius 2 is 1.50 bits per heavy atom. The van der Waals surface area contributed by atoms with Crippen LogP contribution in [0.1, 0.15) is 15.9 Å². The monoisotopic (exact) mass is 464 g/mol.